The second kappa shape index (κ2) is 6.70. The quantitative estimate of drug-likeness (QED) is 0.918. The van der Waals surface area contributed by atoms with E-state index in [-0.39, 0.29) is 31.0 Å². The fourth-order valence-corrected chi connectivity index (χ4v) is 3.01. The fourth-order valence-electron chi connectivity index (χ4n) is 3.01. The second-order valence-electron chi connectivity index (χ2n) is 5.83. The summed E-state index contributed by atoms with van der Waals surface area (Å²) >= 11 is 0. The Morgan fingerprint density at radius 1 is 1.08 bits per heavy atom. The lowest BCUT2D eigenvalue weighted by Gasteiger charge is -2.34. The van der Waals surface area contributed by atoms with E-state index in [1.807, 2.05) is 24.3 Å². The van der Waals surface area contributed by atoms with Gasteiger partial charge in [0.2, 0.25) is 5.91 Å². The highest BCUT2D eigenvalue weighted by Gasteiger charge is 2.34. The molecule has 1 atom stereocenters. The van der Waals surface area contributed by atoms with Crippen LogP contribution >= 0.6 is 0 Å². The van der Waals surface area contributed by atoms with Crippen LogP contribution < -0.4 is 5.56 Å². The lowest BCUT2D eigenvalue weighted by molar-refractivity contribution is -0.151. The molecule has 0 spiro atoms. The summed E-state index contributed by atoms with van der Waals surface area (Å²) in [6.07, 6.45) is 2.02. The van der Waals surface area contributed by atoms with Crippen LogP contribution in [0.5, 0.6) is 0 Å². The fraction of sp³-hybridized carbons (Fsp3) is 0.278. The number of carbonyl (C=O) groups excluding carboxylic acids is 1. The summed E-state index contributed by atoms with van der Waals surface area (Å²) < 4.78 is 1.45. The van der Waals surface area contributed by atoms with Crippen LogP contribution in [0.3, 0.4) is 0 Å². The maximum Gasteiger partial charge on any atom is 0.326 e. The van der Waals surface area contributed by atoms with E-state index in [4.69, 9.17) is 0 Å². The Morgan fingerprint density at radius 3 is 2.50 bits per heavy atom. The summed E-state index contributed by atoms with van der Waals surface area (Å²) in [6.45, 7) is 0.526. The van der Waals surface area contributed by atoms with Gasteiger partial charge in [-0.1, -0.05) is 30.3 Å². The average Bonchev–Trinajstić information content (AvgIpc) is 2.59. The van der Waals surface area contributed by atoms with Gasteiger partial charge < -0.3 is 14.6 Å². The van der Waals surface area contributed by atoms with Crippen LogP contribution in [0.4, 0.5) is 0 Å². The van der Waals surface area contributed by atoms with Crippen molar-refractivity contribution < 1.29 is 14.7 Å². The molecule has 1 amide bonds. The van der Waals surface area contributed by atoms with Crippen LogP contribution in [0.25, 0.3) is 0 Å². The van der Waals surface area contributed by atoms with Gasteiger partial charge in [0.05, 0.1) is 0 Å². The average molecular weight is 326 g/mol. The van der Waals surface area contributed by atoms with Crippen LogP contribution in [-0.4, -0.2) is 32.5 Å². The maximum absolute atomic E-state index is 12.6. The highest BCUT2D eigenvalue weighted by atomic mass is 16.4. The van der Waals surface area contributed by atoms with Crippen molar-refractivity contribution in [2.24, 2.45) is 0 Å². The van der Waals surface area contributed by atoms with Crippen LogP contribution in [-0.2, 0) is 29.1 Å². The Kier molecular flexibility index (Phi) is 4.46. The number of carbonyl (C=O) groups is 2. The summed E-state index contributed by atoms with van der Waals surface area (Å²) in [7, 11) is 0. The van der Waals surface area contributed by atoms with Crippen molar-refractivity contribution >= 4 is 11.9 Å². The summed E-state index contributed by atoms with van der Waals surface area (Å²) in [4.78, 5) is 37.2. The van der Waals surface area contributed by atoms with Crippen LogP contribution in [0.2, 0.25) is 0 Å². The molecule has 1 N–H and O–H groups in total. The van der Waals surface area contributed by atoms with Gasteiger partial charge in [0.15, 0.2) is 0 Å². The minimum absolute atomic E-state index is 0.0931. The second-order valence-corrected chi connectivity index (χ2v) is 5.83. The Balaban J connectivity index is 1.76. The summed E-state index contributed by atoms with van der Waals surface area (Å²) in [6, 6.07) is 11.5. The van der Waals surface area contributed by atoms with Crippen LogP contribution in [0, 0.1) is 0 Å². The van der Waals surface area contributed by atoms with Gasteiger partial charge in [-0.25, -0.2) is 4.79 Å². The summed E-state index contributed by atoms with van der Waals surface area (Å²) in [5.41, 5.74) is 1.76. The van der Waals surface area contributed by atoms with E-state index in [1.165, 1.54) is 15.5 Å². The minimum Gasteiger partial charge on any atom is -0.480 e. The number of aromatic nitrogens is 1. The molecule has 1 aliphatic rings. The maximum atomic E-state index is 12.6. The molecule has 0 bridgehead atoms. The zero-order valence-corrected chi connectivity index (χ0v) is 13.1. The lowest BCUT2D eigenvalue weighted by atomic mass is 9.93. The molecule has 0 radical (unpaired) electrons. The van der Waals surface area contributed by atoms with Crippen molar-refractivity contribution in [3.8, 4) is 0 Å². The monoisotopic (exact) mass is 326 g/mol. The number of benzene rings is 1. The number of hydrogen-bond acceptors (Lipinski definition) is 3. The van der Waals surface area contributed by atoms with E-state index < -0.39 is 12.0 Å². The van der Waals surface area contributed by atoms with E-state index in [2.05, 4.69) is 0 Å². The van der Waals surface area contributed by atoms with Crippen LogP contribution in [0.1, 0.15) is 17.5 Å². The zero-order chi connectivity index (χ0) is 17.1. The lowest BCUT2D eigenvalue weighted by Crippen LogP contribution is -2.48. The molecule has 0 fully saturated rings. The largest absolute Gasteiger partial charge is 0.480 e. The number of rotatable bonds is 4. The van der Waals surface area contributed by atoms with Gasteiger partial charge in [-0.05, 0) is 17.2 Å². The molecule has 2 aromatic rings. The number of nitrogens with zero attached hydrogens (tertiary/aromatic N) is 2. The van der Waals surface area contributed by atoms with E-state index >= 15 is 0 Å². The van der Waals surface area contributed by atoms with Crippen molar-refractivity contribution in [3.05, 3.63) is 70.1 Å². The van der Waals surface area contributed by atoms with Gasteiger partial charge in [-0.2, -0.15) is 0 Å². The molecule has 124 valence electrons. The molecule has 6 nitrogen and oxygen atoms in total. The molecule has 0 aliphatic carbocycles. The number of carboxylic acid groups (broad SMARTS) is 1. The van der Waals surface area contributed by atoms with Gasteiger partial charge in [-0.3, -0.25) is 9.59 Å². The van der Waals surface area contributed by atoms with Gasteiger partial charge in [0.1, 0.15) is 6.04 Å². The number of amides is 1. The minimum atomic E-state index is -1.00. The molecule has 0 saturated heterocycles. The Bertz CT molecular complexity index is 828. The van der Waals surface area contributed by atoms with Crippen molar-refractivity contribution in [1.29, 1.82) is 0 Å². The molecule has 2 heterocycles. The molecular formula is C18H18N2O4. The van der Waals surface area contributed by atoms with Crippen molar-refractivity contribution in [1.82, 2.24) is 9.47 Å². The van der Waals surface area contributed by atoms with E-state index in [1.54, 1.807) is 18.3 Å². The number of pyridine rings is 1. The third kappa shape index (κ3) is 3.22. The van der Waals surface area contributed by atoms with Gasteiger partial charge in [0.25, 0.3) is 5.56 Å². The Hall–Kier alpha value is -2.89. The first-order chi connectivity index (χ1) is 11.6. The standard InChI is InChI=1S/C18H18N2O4/c21-16-7-3-4-9-19(16)10-8-17(22)20-12-14-6-2-1-5-13(14)11-15(20)18(23)24/h1-7,9,15H,8,10-12H2,(H,23,24). The molecule has 1 aromatic heterocycles. The van der Waals surface area contributed by atoms with Crippen LogP contribution in [0.15, 0.2) is 53.5 Å². The highest BCUT2D eigenvalue weighted by Crippen LogP contribution is 2.24. The Morgan fingerprint density at radius 2 is 1.79 bits per heavy atom. The summed E-state index contributed by atoms with van der Waals surface area (Å²) in [5, 5.41) is 9.46. The molecule has 6 heteroatoms. The Labute approximate surface area is 139 Å². The number of carboxylic acids is 1. The van der Waals surface area contributed by atoms with Crippen molar-refractivity contribution in [2.75, 3.05) is 0 Å². The van der Waals surface area contributed by atoms with Gasteiger partial charge in [-0.15, -0.1) is 0 Å². The van der Waals surface area contributed by atoms with E-state index in [0.29, 0.717) is 6.42 Å². The third-order valence-corrected chi connectivity index (χ3v) is 4.32. The zero-order valence-electron chi connectivity index (χ0n) is 13.1. The number of aliphatic carboxylic acids is 1. The predicted molar refractivity (Wildman–Crippen MR) is 87.4 cm³/mol. The molecule has 3 rings (SSSR count). The third-order valence-electron chi connectivity index (χ3n) is 4.32. The number of fused-ring (bicyclic) bond motifs is 1. The SMILES string of the molecule is O=C(O)C1Cc2ccccc2CN1C(=O)CCn1ccccc1=O. The summed E-state index contributed by atoms with van der Waals surface area (Å²) in [5.74, 6) is -1.26. The molecule has 1 unspecified atom stereocenters. The highest BCUT2D eigenvalue weighted by molar-refractivity contribution is 5.84. The van der Waals surface area contributed by atoms with E-state index in [0.717, 1.165) is 11.1 Å². The molecule has 0 saturated carbocycles. The first-order valence-corrected chi connectivity index (χ1v) is 7.81. The van der Waals surface area contributed by atoms with Crippen molar-refractivity contribution in [2.45, 2.75) is 32.0 Å². The normalized spacial score (nSPS) is 16.5. The number of aryl methyl sites for hydroxylation is 1. The molecule has 1 aliphatic heterocycles. The molecular weight excluding hydrogens is 308 g/mol. The topological polar surface area (TPSA) is 79.6 Å². The first-order valence-electron chi connectivity index (χ1n) is 7.81. The van der Waals surface area contributed by atoms with Gasteiger partial charge >= 0.3 is 5.97 Å². The molecule has 24 heavy (non-hydrogen) atoms. The van der Waals surface area contributed by atoms with Crippen molar-refractivity contribution in [3.63, 3.8) is 0 Å². The number of hydrogen-bond donors (Lipinski definition) is 1. The first kappa shape index (κ1) is 16.0. The molecule has 1 aromatic carbocycles. The predicted octanol–water partition coefficient (Wildman–Crippen LogP) is 1.28. The van der Waals surface area contributed by atoms with Gasteiger partial charge in [0, 0.05) is 38.2 Å². The van der Waals surface area contributed by atoms with E-state index in [9.17, 15) is 19.5 Å². The smallest absolute Gasteiger partial charge is 0.326 e.